The number of nitrogens with two attached hydrogens (primary N) is 1. The van der Waals surface area contributed by atoms with Crippen LogP contribution in [0.2, 0.25) is 0 Å². The minimum atomic E-state index is -0.343. The van der Waals surface area contributed by atoms with Crippen LogP contribution < -0.4 is 15.2 Å². The molecule has 1 aromatic carbocycles. The van der Waals surface area contributed by atoms with Gasteiger partial charge in [0.25, 0.3) is 5.91 Å². The number of amides is 2. The van der Waals surface area contributed by atoms with Crippen molar-refractivity contribution >= 4 is 11.8 Å². The molecule has 6 heteroatoms. The zero-order valence-electron chi connectivity index (χ0n) is 13.7. The Labute approximate surface area is 136 Å². The Bertz CT molecular complexity index is 574. The van der Waals surface area contributed by atoms with E-state index >= 15 is 0 Å². The number of likely N-dealkylation sites (tertiary alicyclic amines) is 1. The fourth-order valence-electron chi connectivity index (χ4n) is 2.76. The molecule has 0 spiro atoms. The van der Waals surface area contributed by atoms with Gasteiger partial charge in [0.2, 0.25) is 5.91 Å². The molecular formula is C17H24N2O4. The normalized spacial score (nSPS) is 17.7. The molecule has 1 heterocycles. The SMILES string of the molecule is CCOc1ccc(C(=O)N2CCCC(C(N)=O)C2)cc1OCC. The van der Waals surface area contributed by atoms with Crippen molar-refractivity contribution in [3.05, 3.63) is 23.8 Å². The number of hydrogen-bond acceptors (Lipinski definition) is 4. The maximum absolute atomic E-state index is 12.7. The number of benzene rings is 1. The molecule has 6 nitrogen and oxygen atoms in total. The zero-order chi connectivity index (χ0) is 16.8. The summed E-state index contributed by atoms with van der Waals surface area (Å²) in [5.74, 6) is 0.467. The standard InChI is InChI=1S/C17H24N2O4/c1-3-22-14-8-7-12(10-15(14)23-4-2)17(21)19-9-5-6-13(11-19)16(18)20/h7-8,10,13H,3-6,9,11H2,1-2H3,(H2,18,20). The lowest BCUT2D eigenvalue weighted by Crippen LogP contribution is -2.44. The van der Waals surface area contributed by atoms with Gasteiger partial charge in [-0.05, 0) is 44.9 Å². The first-order valence-electron chi connectivity index (χ1n) is 8.05. The van der Waals surface area contributed by atoms with E-state index in [1.165, 1.54) is 0 Å². The average molecular weight is 320 g/mol. The summed E-state index contributed by atoms with van der Waals surface area (Å²) in [4.78, 5) is 25.7. The number of carbonyl (C=O) groups is 2. The highest BCUT2D eigenvalue weighted by Crippen LogP contribution is 2.29. The topological polar surface area (TPSA) is 81.9 Å². The van der Waals surface area contributed by atoms with Gasteiger partial charge in [-0.15, -0.1) is 0 Å². The fraction of sp³-hybridized carbons (Fsp3) is 0.529. The number of hydrogen-bond donors (Lipinski definition) is 1. The minimum Gasteiger partial charge on any atom is -0.490 e. The van der Waals surface area contributed by atoms with Gasteiger partial charge in [0.1, 0.15) is 0 Å². The summed E-state index contributed by atoms with van der Waals surface area (Å²) < 4.78 is 11.1. The second-order valence-electron chi connectivity index (χ2n) is 5.52. The molecule has 0 radical (unpaired) electrons. The maximum atomic E-state index is 12.7. The molecule has 2 N–H and O–H groups in total. The summed E-state index contributed by atoms with van der Waals surface area (Å²) >= 11 is 0. The van der Waals surface area contributed by atoms with Crippen LogP contribution >= 0.6 is 0 Å². The summed E-state index contributed by atoms with van der Waals surface area (Å²) in [6.45, 7) is 5.81. The molecule has 1 aliphatic rings. The second-order valence-corrected chi connectivity index (χ2v) is 5.52. The minimum absolute atomic E-state index is 0.111. The third-order valence-corrected chi connectivity index (χ3v) is 3.90. The first-order valence-corrected chi connectivity index (χ1v) is 8.05. The molecule has 2 rings (SSSR count). The number of piperidine rings is 1. The Hall–Kier alpha value is -2.24. The molecule has 1 aliphatic heterocycles. The van der Waals surface area contributed by atoms with Gasteiger partial charge in [-0.3, -0.25) is 9.59 Å². The van der Waals surface area contributed by atoms with E-state index in [2.05, 4.69) is 0 Å². The summed E-state index contributed by atoms with van der Waals surface area (Å²) in [5, 5.41) is 0. The van der Waals surface area contributed by atoms with E-state index in [1.807, 2.05) is 13.8 Å². The van der Waals surface area contributed by atoms with Gasteiger partial charge in [0.15, 0.2) is 11.5 Å². The lowest BCUT2D eigenvalue weighted by atomic mass is 9.97. The first-order chi connectivity index (χ1) is 11.1. The van der Waals surface area contributed by atoms with Crippen molar-refractivity contribution < 1.29 is 19.1 Å². The molecule has 1 atom stereocenters. The molecule has 1 saturated heterocycles. The van der Waals surface area contributed by atoms with E-state index in [0.29, 0.717) is 43.4 Å². The summed E-state index contributed by atoms with van der Waals surface area (Å²) in [5.41, 5.74) is 5.90. The lowest BCUT2D eigenvalue weighted by Gasteiger charge is -2.31. The van der Waals surface area contributed by atoms with Crippen molar-refractivity contribution in [3.8, 4) is 11.5 Å². The second kappa shape index (κ2) is 7.85. The van der Waals surface area contributed by atoms with Gasteiger partial charge in [-0.25, -0.2) is 0 Å². The van der Waals surface area contributed by atoms with Crippen LogP contribution in [0.5, 0.6) is 11.5 Å². The lowest BCUT2D eigenvalue weighted by molar-refractivity contribution is -0.123. The van der Waals surface area contributed by atoms with Gasteiger partial charge in [0, 0.05) is 18.7 Å². The van der Waals surface area contributed by atoms with E-state index in [1.54, 1.807) is 23.1 Å². The van der Waals surface area contributed by atoms with Crippen molar-refractivity contribution in [1.82, 2.24) is 4.90 Å². The highest BCUT2D eigenvalue weighted by Gasteiger charge is 2.28. The molecule has 1 fully saturated rings. The Balaban J connectivity index is 2.18. The number of rotatable bonds is 6. The van der Waals surface area contributed by atoms with Crippen LogP contribution in [0.4, 0.5) is 0 Å². The summed E-state index contributed by atoms with van der Waals surface area (Å²) in [7, 11) is 0. The molecule has 23 heavy (non-hydrogen) atoms. The Morgan fingerprint density at radius 1 is 1.22 bits per heavy atom. The van der Waals surface area contributed by atoms with Gasteiger partial charge < -0.3 is 20.1 Å². The van der Waals surface area contributed by atoms with E-state index < -0.39 is 0 Å². The predicted molar refractivity (Wildman–Crippen MR) is 86.6 cm³/mol. The Kier molecular flexibility index (Phi) is 5.84. The van der Waals surface area contributed by atoms with Crippen molar-refractivity contribution in [1.29, 1.82) is 0 Å². The molecule has 0 aliphatic carbocycles. The monoisotopic (exact) mass is 320 g/mol. The van der Waals surface area contributed by atoms with Crippen LogP contribution in [0.25, 0.3) is 0 Å². The van der Waals surface area contributed by atoms with Crippen molar-refractivity contribution in [2.75, 3.05) is 26.3 Å². The van der Waals surface area contributed by atoms with Crippen LogP contribution in [0.3, 0.4) is 0 Å². The van der Waals surface area contributed by atoms with Gasteiger partial charge in [-0.1, -0.05) is 0 Å². The predicted octanol–water partition coefficient (Wildman–Crippen LogP) is 1.82. The maximum Gasteiger partial charge on any atom is 0.254 e. The summed E-state index contributed by atoms with van der Waals surface area (Å²) in [6, 6.07) is 5.17. The highest BCUT2D eigenvalue weighted by atomic mass is 16.5. The average Bonchev–Trinajstić information content (AvgIpc) is 2.56. The van der Waals surface area contributed by atoms with Crippen LogP contribution in [0.15, 0.2) is 18.2 Å². The van der Waals surface area contributed by atoms with E-state index in [0.717, 1.165) is 12.8 Å². The van der Waals surface area contributed by atoms with Crippen LogP contribution in [-0.2, 0) is 4.79 Å². The number of ether oxygens (including phenoxy) is 2. The quantitative estimate of drug-likeness (QED) is 0.867. The van der Waals surface area contributed by atoms with E-state index in [4.69, 9.17) is 15.2 Å². The number of primary amides is 1. The molecule has 0 saturated carbocycles. The van der Waals surface area contributed by atoms with Crippen LogP contribution in [0, 0.1) is 5.92 Å². The van der Waals surface area contributed by atoms with Crippen molar-refractivity contribution in [2.24, 2.45) is 11.7 Å². The Morgan fingerprint density at radius 2 is 1.91 bits per heavy atom. The molecule has 0 bridgehead atoms. The van der Waals surface area contributed by atoms with E-state index in [-0.39, 0.29) is 17.7 Å². The smallest absolute Gasteiger partial charge is 0.254 e. The molecule has 126 valence electrons. The molecule has 2 amide bonds. The van der Waals surface area contributed by atoms with Crippen LogP contribution in [0.1, 0.15) is 37.0 Å². The third kappa shape index (κ3) is 4.15. The number of carbonyl (C=O) groups excluding carboxylic acids is 2. The molecule has 1 unspecified atom stereocenters. The van der Waals surface area contributed by atoms with Gasteiger partial charge >= 0.3 is 0 Å². The van der Waals surface area contributed by atoms with Crippen LogP contribution in [-0.4, -0.2) is 43.0 Å². The molecule has 1 aromatic rings. The van der Waals surface area contributed by atoms with Gasteiger partial charge in [0.05, 0.1) is 19.1 Å². The zero-order valence-corrected chi connectivity index (χ0v) is 13.7. The van der Waals surface area contributed by atoms with E-state index in [9.17, 15) is 9.59 Å². The highest BCUT2D eigenvalue weighted by molar-refractivity contribution is 5.95. The molecule has 0 aromatic heterocycles. The fourth-order valence-corrected chi connectivity index (χ4v) is 2.76. The number of nitrogens with zero attached hydrogens (tertiary/aromatic N) is 1. The molecular weight excluding hydrogens is 296 g/mol. The van der Waals surface area contributed by atoms with Gasteiger partial charge in [-0.2, -0.15) is 0 Å². The third-order valence-electron chi connectivity index (χ3n) is 3.90. The van der Waals surface area contributed by atoms with Crippen molar-refractivity contribution in [3.63, 3.8) is 0 Å². The first kappa shape index (κ1) is 17.1. The Morgan fingerprint density at radius 3 is 2.57 bits per heavy atom. The summed E-state index contributed by atoms with van der Waals surface area (Å²) in [6.07, 6.45) is 1.53. The van der Waals surface area contributed by atoms with Crippen molar-refractivity contribution in [2.45, 2.75) is 26.7 Å². The largest absolute Gasteiger partial charge is 0.490 e.